The van der Waals surface area contributed by atoms with Gasteiger partial charge in [-0.15, -0.1) is 0 Å². The maximum absolute atomic E-state index is 6.15. The zero-order valence-electron chi connectivity index (χ0n) is 10.8. The van der Waals surface area contributed by atoms with Gasteiger partial charge < -0.3 is 15.2 Å². The first-order valence-corrected chi connectivity index (χ1v) is 6.64. The van der Waals surface area contributed by atoms with E-state index in [0.717, 1.165) is 36.3 Å². The third-order valence-corrected chi connectivity index (χ3v) is 3.60. The molecule has 4 heteroatoms. The zero-order chi connectivity index (χ0) is 13.1. The van der Waals surface area contributed by atoms with Gasteiger partial charge in [-0.05, 0) is 18.6 Å². The van der Waals surface area contributed by atoms with E-state index >= 15 is 0 Å². The van der Waals surface area contributed by atoms with Crippen molar-refractivity contribution < 1.29 is 9.47 Å². The predicted molar refractivity (Wildman–Crippen MR) is 74.1 cm³/mol. The minimum absolute atomic E-state index is 0.0152. The Balaban J connectivity index is 1.71. The van der Waals surface area contributed by atoms with Gasteiger partial charge in [-0.3, -0.25) is 4.98 Å². The van der Waals surface area contributed by atoms with Gasteiger partial charge in [0, 0.05) is 30.1 Å². The molecule has 0 spiro atoms. The molecule has 0 radical (unpaired) electrons. The van der Waals surface area contributed by atoms with E-state index in [1.54, 1.807) is 6.20 Å². The molecule has 2 heterocycles. The summed E-state index contributed by atoms with van der Waals surface area (Å²) in [5.41, 5.74) is 7.03. The van der Waals surface area contributed by atoms with Crippen LogP contribution in [0, 0.1) is 5.92 Å². The molecular weight excluding hydrogens is 240 g/mol. The minimum Gasteiger partial charge on any atom is -0.490 e. The second kappa shape index (κ2) is 5.55. The van der Waals surface area contributed by atoms with Gasteiger partial charge in [-0.2, -0.15) is 0 Å². The van der Waals surface area contributed by atoms with Crippen molar-refractivity contribution in [2.75, 3.05) is 19.8 Å². The van der Waals surface area contributed by atoms with E-state index in [1.165, 1.54) is 0 Å². The van der Waals surface area contributed by atoms with Crippen LogP contribution in [0.2, 0.25) is 0 Å². The van der Waals surface area contributed by atoms with Crippen molar-refractivity contribution in [2.24, 2.45) is 11.7 Å². The number of pyridine rings is 1. The highest BCUT2D eigenvalue weighted by Gasteiger charge is 2.23. The number of rotatable bonds is 4. The van der Waals surface area contributed by atoms with Gasteiger partial charge in [0.1, 0.15) is 17.9 Å². The normalized spacial score (nSPS) is 20.6. The number of nitrogens with two attached hydrogens (primary N) is 1. The number of nitrogens with zero attached hydrogens (tertiary/aromatic N) is 1. The predicted octanol–water partition coefficient (Wildman–Crippen LogP) is 1.98. The lowest BCUT2D eigenvalue weighted by atomic mass is 10.0. The summed E-state index contributed by atoms with van der Waals surface area (Å²) in [6.07, 6.45) is 2.80. The van der Waals surface area contributed by atoms with Crippen molar-refractivity contribution in [3.63, 3.8) is 0 Å². The lowest BCUT2D eigenvalue weighted by Crippen LogP contribution is -2.36. The molecule has 4 nitrogen and oxygen atoms in total. The average molecular weight is 258 g/mol. The molecule has 1 aromatic carbocycles. The molecule has 1 aliphatic rings. The van der Waals surface area contributed by atoms with Crippen LogP contribution in [-0.4, -0.2) is 30.8 Å². The summed E-state index contributed by atoms with van der Waals surface area (Å²) in [7, 11) is 0. The van der Waals surface area contributed by atoms with Crippen LogP contribution in [-0.2, 0) is 4.74 Å². The van der Waals surface area contributed by atoms with Crippen molar-refractivity contribution in [1.29, 1.82) is 0 Å². The van der Waals surface area contributed by atoms with Crippen LogP contribution in [0.1, 0.15) is 6.42 Å². The van der Waals surface area contributed by atoms with Gasteiger partial charge in [-0.25, -0.2) is 0 Å². The number of aromatic nitrogens is 1. The highest BCUT2D eigenvalue weighted by Crippen LogP contribution is 2.24. The third kappa shape index (κ3) is 2.69. The van der Waals surface area contributed by atoms with Gasteiger partial charge >= 0.3 is 0 Å². The fraction of sp³-hybridized carbons (Fsp3) is 0.400. The third-order valence-electron chi connectivity index (χ3n) is 3.60. The topological polar surface area (TPSA) is 57.4 Å². The number of hydrogen-bond acceptors (Lipinski definition) is 4. The second-order valence-corrected chi connectivity index (χ2v) is 4.93. The highest BCUT2D eigenvalue weighted by molar-refractivity contribution is 5.84. The van der Waals surface area contributed by atoms with E-state index in [-0.39, 0.29) is 6.04 Å². The molecule has 2 unspecified atom stereocenters. The fourth-order valence-electron chi connectivity index (χ4n) is 2.41. The van der Waals surface area contributed by atoms with E-state index in [4.69, 9.17) is 15.2 Å². The van der Waals surface area contributed by atoms with E-state index < -0.39 is 0 Å². The summed E-state index contributed by atoms with van der Waals surface area (Å²) in [4.78, 5) is 4.37. The lowest BCUT2D eigenvalue weighted by Gasteiger charge is -2.18. The molecule has 1 aliphatic heterocycles. The number of para-hydroxylation sites is 1. The molecule has 0 saturated carbocycles. The Bertz CT molecular complexity index is 547. The molecule has 0 bridgehead atoms. The Morgan fingerprint density at radius 1 is 1.37 bits per heavy atom. The van der Waals surface area contributed by atoms with Crippen LogP contribution in [0.25, 0.3) is 10.9 Å². The van der Waals surface area contributed by atoms with Crippen molar-refractivity contribution >= 4 is 10.9 Å². The average Bonchev–Trinajstić information content (AvgIpc) is 2.99. The van der Waals surface area contributed by atoms with E-state index in [1.807, 2.05) is 30.3 Å². The van der Waals surface area contributed by atoms with E-state index in [2.05, 4.69) is 4.98 Å². The quantitative estimate of drug-likeness (QED) is 0.911. The van der Waals surface area contributed by atoms with Crippen molar-refractivity contribution in [1.82, 2.24) is 4.98 Å². The Labute approximate surface area is 112 Å². The fourth-order valence-corrected chi connectivity index (χ4v) is 2.41. The molecule has 2 N–H and O–H groups in total. The molecule has 0 amide bonds. The number of benzene rings is 1. The van der Waals surface area contributed by atoms with Crippen molar-refractivity contribution in [3.05, 3.63) is 36.5 Å². The van der Waals surface area contributed by atoms with Gasteiger partial charge in [0.2, 0.25) is 0 Å². The summed E-state index contributed by atoms with van der Waals surface area (Å²) >= 11 is 0. The smallest absolute Gasteiger partial charge is 0.145 e. The Hall–Kier alpha value is -1.65. The van der Waals surface area contributed by atoms with E-state index in [0.29, 0.717) is 12.5 Å². The number of fused-ring (bicyclic) bond motifs is 1. The van der Waals surface area contributed by atoms with Crippen molar-refractivity contribution in [2.45, 2.75) is 12.5 Å². The molecule has 2 aromatic rings. The molecule has 19 heavy (non-hydrogen) atoms. The first-order chi connectivity index (χ1) is 9.34. The SMILES string of the molecule is NC(COc1cccc2cccnc12)C1CCOC1. The summed E-state index contributed by atoms with van der Waals surface area (Å²) < 4.78 is 11.2. The summed E-state index contributed by atoms with van der Waals surface area (Å²) in [5.74, 6) is 1.20. The maximum Gasteiger partial charge on any atom is 0.145 e. The summed E-state index contributed by atoms with van der Waals surface area (Å²) in [6, 6.07) is 9.91. The van der Waals surface area contributed by atoms with Crippen LogP contribution in [0.3, 0.4) is 0 Å². The molecule has 2 atom stereocenters. The summed E-state index contributed by atoms with van der Waals surface area (Å²) in [5, 5.41) is 1.08. The Morgan fingerprint density at radius 2 is 2.26 bits per heavy atom. The Morgan fingerprint density at radius 3 is 3.11 bits per heavy atom. The molecule has 1 saturated heterocycles. The maximum atomic E-state index is 6.15. The highest BCUT2D eigenvalue weighted by atomic mass is 16.5. The standard InChI is InChI=1S/C15H18N2O2/c16-13(12-6-8-18-9-12)10-19-14-5-1-3-11-4-2-7-17-15(11)14/h1-5,7,12-13H,6,8-10,16H2. The molecule has 3 rings (SSSR count). The Kier molecular flexibility index (Phi) is 3.62. The van der Waals surface area contributed by atoms with E-state index in [9.17, 15) is 0 Å². The first kappa shape index (κ1) is 12.4. The summed E-state index contributed by atoms with van der Waals surface area (Å²) in [6.45, 7) is 2.07. The largest absolute Gasteiger partial charge is 0.490 e. The van der Waals surface area contributed by atoms with Gasteiger partial charge in [0.05, 0.1) is 6.61 Å². The molecule has 1 fully saturated rings. The molecule has 0 aliphatic carbocycles. The molecule has 100 valence electrons. The second-order valence-electron chi connectivity index (χ2n) is 4.93. The minimum atomic E-state index is 0.0152. The van der Waals surface area contributed by atoms with Crippen LogP contribution in [0.5, 0.6) is 5.75 Å². The van der Waals surface area contributed by atoms with Crippen LogP contribution in [0.15, 0.2) is 36.5 Å². The lowest BCUT2D eigenvalue weighted by molar-refractivity contribution is 0.170. The van der Waals surface area contributed by atoms with Gasteiger partial charge in [-0.1, -0.05) is 18.2 Å². The van der Waals surface area contributed by atoms with Crippen molar-refractivity contribution in [3.8, 4) is 5.75 Å². The van der Waals surface area contributed by atoms with Gasteiger partial charge in [0.25, 0.3) is 0 Å². The number of ether oxygens (including phenoxy) is 2. The van der Waals surface area contributed by atoms with Gasteiger partial charge in [0.15, 0.2) is 0 Å². The van der Waals surface area contributed by atoms with Crippen LogP contribution < -0.4 is 10.5 Å². The zero-order valence-corrected chi connectivity index (χ0v) is 10.8. The van der Waals surface area contributed by atoms with Crippen LogP contribution >= 0.6 is 0 Å². The number of hydrogen-bond donors (Lipinski definition) is 1. The first-order valence-electron chi connectivity index (χ1n) is 6.64. The van der Waals surface area contributed by atoms with Crippen LogP contribution in [0.4, 0.5) is 0 Å². The monoisotopic (exact) mass is 258 g/mol. The molecule has 1 aromatic heterocycles. The molecular formula is C15H18N2O2.